The second-order valence-electron chi connectivity index (χ2n) is 4.83. The minimum absolute atomic E-state index is 0.152. The van der Waals surface area contributed by atoms with Gasteiger partial charge in [-0.2, -0.15) is 31.6 Å². The summed E-state index contributed by atoms with van der Waals surface area (Å²) < 4.78 is 77.1. The molecule has 0 amide bonds. The molecular weight excluding hydrogens is 290 g/mol. The molecule has 1 N–H and O–H groups in total. The van der Waals surface area contributed by atoms with Crippen LogP contribution in [0.5, 0.6) is 0 Å². The van der Waals surface area contributed by atoms with Gasteiger partial charge < -0.3 is 4.74 Å². The maximum Gasteiger partial charge on any atom is 0.423 e. The second-order valence-corrected chi connectivity index (χ2v) is 4.83. The zero-order valence-electron chi connectivity index (χ0n) is 11.2. The predicted molar refractivity (Wildman–Crippen MR) is 58.8 cm³/mol. The largest absolute Gasteiger partial charge is 0.423 e. The van der Waals surface area contributed by atoms with Gasteiger partial charge >= 0.3 is 12.4 Å². The predicted octanol–water partition coefficient (Wildman–Crippen LogP) is 3.17. The average Bonchev–Trinajstić information content (AvgIpc) is 2.19. The lowest BCUT2D eigenvalue weighted by Crippen LogP contribution is -2.48. The van der Waals surface area contributed by atoms with E-state index in [0.717, 1.165) is 0 Å². The van der Waals surface area contributed by atoms with E-state index >= 15 is 0 Å². The van der Waals surface area contributed by atoms with E-state index in [0.29, 0.717) is 0 Å². The summed E-state index contributed by atoms with van der Waals surface area (Å²) in [4.78, 5) is 0. The van der Waals surface area contributed by atoms with Crippen molar-refractivity contribution in [3.63, 3.8) is 0 Å². The molecule has 0 aromatic heterocycles. The lowest BCUT2D eigenvalue weighted by Gasteiger charge is -2.28. The van der Waals surface area contributed by atoms with Gasteiger partial charge in [0.2, 0.25) is 6.10 Å². The fraction of sp³-hybridized carbons (Fsp3) is 0.909. The van der Waals surface area contributed by atoms with Crippen LogP contribution in [0.1, 0.15) is 27.2 Å². The van der Waals surface area contributed by atoms with Crippen LogP contribution in [0.15, 0.2) is 0 Å². The third-order valence-corrected chi connectivity index (χ3v) is 2.34. The topological polar surface area (TPSA) is 45.0 Å². The molecule has 0 aliphatic heterocycles. The molecule has 1 atom stereocenters. The van der Waals surface area contributed by atoms with Crippen molar-refractivity contribution in [3.05, 3.63) is 0 Å². The molecule has 0 aromatic carbocycles. The second kappa shape index (κ2) is 6.63. The third kappa shape index (κ3) is 6.43. The number of alkyl halides is 6. The first kappa shape index (κ1) is 19.0. The number of rotatable bonds is 6. The van der Waals surface area contributed by atoms with Gasteiger partial charge in [0, 0.05) is 12.5 Å². The number of nitrogens with one attached hydrogen (secondary N) is 1. The van der Waals surface area contributed by atoms with E-state index in [1.807, 2.05) is 6.07 Å². The number of nitriles is 1. The zero-order chi connectivity index (χ0) is 16.2. The Balaban J connectivity index is 4.64. The Morgan fingerprint density at radius 1 is 1.10 bits per heavy atom. The molecule has 0 bridgehead atoms. The summed E-state index contributed by atoms with van der Waals surface area (Å²) in [5, 5.41) is 11.7. The minimum atomic E-state index is -5.53. The summed E-state index contributed by atoms with van der Waals surface area (Å²) in [5.74, 6) is 0. The van der Waals surface area contributed by atoms with Gasteiger partial charge in [-0.15, -0.1) is 0 Å². The highest BCUT2D eigenvalue weighted by Gasteiger charge is 2.58. The molecule has 0 saturated carbocycles. The highest BCUT2D eigenvalue weighted by molar-refractivity contribution is 5.04. The number of halogens is 6. The molecule has 9 heteroatoms. The molecule has 0 aliphatic carbocycles. The van der Waals surface area contributed by atoms with E-state index in [1.54, 1.807) is 13.8 Å². The Morgan fingerprint density at radius 2 is 1.55 bits per heavy atom. The van der Waals surface area contributed by atoms with Crippen molar-refractivity contribution in [1.82, 2.24) is 5.32 Å². The fourth-order valence-corrected chi connectivity index (χ4v) is 1.55. The summed E-state index contributed by atoms with van der Waals surface area (Å²) in [6, 6.07) is 1.66. The van der Waals surface area contributed by atoms with Crippen molar-refractivity contribution in [2.75, 3.05) is 6.61 Å². The Kier molecular flexibility index (Phi) is 6.29. The Bertz CT molecular complexity index is 332. The van der Waals surface area contributed by atoms with Crippen LogP contribution in [0.25, 0.3) is 0 Å². The zero-order valence-corrected chi connectivity index (χ0v) is 11.2. The van der Waals surface area contributed by atoms with E-state index in [-0.39, 0.29) is 12.5 Å². The fourth-order valence-electron chi connectivity index (χ4n) is 1.55. The quantitative estimate of drug-likeness (QED) is 0.767. The van der Waals surface area contributed by atoms with Crippen LogP contribution in [0.4, 0.5) is 26.3 Å². The summed E-state index contributed by atoms with van der Waals surface area (Å²) in [7, 11) is 0. The van der Waals surface area contributed by atoms with Crippen LogP contribution in [-0.4, -0.2) is 36.6 Å². The minimum Gasteiger partial charge on any atom is -0.361 e. The molecule has 3 nitrogen and oxygen atoms in total. The highest BCUT2D eigenvalue weighted by Crippen LogP contribution is 2.35. The van der Waals surface area contributed by atoms with Gasteiger partial charge in [-0.05, 0) is 20.8 Å². The maximum absolute atomic E-state index is 12.2. The van der Waals surface area contributed by atoms with Gasteiger partial charge in [0.25, 0.3) is 0 Å². The normalized spacial score (nSPS) is 16.3. The number of ether oxygens (including phenoxy) is 1. The average molecular weight is 306 g/mol. The van der Waals surface area contributed by atoms with Crippen molar-refractivity contribution >= 4 is 0 Å². The van der Waals surface area contributed by atoms with Crippen molar-refractivity contribution in [2.24, 2.45) is 0 Å². The monoisotopic (exact) mass is 306 g/mol. The van der Waals surface area contributed by atoms with Gasteiger partial charge in [0.05, 0.1) is 12.7 Å². The molecule has 0 fully saturated rings. The number of hydrogen-bond donors (Lipinski definition) is 1. The van der Waals surface area contributed by atoms with Gasteiger partial charge in [-0.1, -0.05) is 0 Å². The first-order valence-corrected chi connectivity index (χ1v) is 5.76. The SMILES string of the molecule is CC(C)NC(C)(C#N)CCOC(C(F)(F)F)C(F)(F)F. The lowest BCUT2D eigenvalue weighted by atomic mass is 9.99. The molecular formula is C11H16F6N2O. The lowest BCUT2D eigenvalue weighted by molar-refractivity contribution is -0.322. The first-order chi connectivity index (χ1) is 8.82. The molecule has 0 aromatic rings. The maximum atomic E-state index is 12.2. The van der Waals surface area contributed by atoms with Crippen LogP contribution in [0, 0.1) is 11.3 Å². The highest BCUT2D eigenvalue weighted by atomic mass is 19.4. The molecule has 0 aliphatic rings. The first-order valence-electron chi connectivity index (χ1n) is 5.76. The Hall–Kier alpha value is -1.01. The molecule has 0 heterocycles. The van der Waals surface area contributed by atoms with Gasteiger partial charge in [-0.3, -0.25) is 5.32 Å². The summed E-state index contributed by atoms with van der Waals surface area (Å²) >= 11 is 0. The van der Waals surface area contributed by atoms with Crippen LogP contribution < -0.4 is 5.32 Å². The number of nitrogens with zero attached hydrogens (tertiary/aromatic N) is 1. The van der Waals surface area contributed by atoms with Gasteiger partial charge in [0.15, 0.2) is 0 Å². The van der Waals surface area contributed by atoms with Crippen LogP contribution >= 0.6 is 0 Å². The Morgan fingerprint density at radius 3 is 1.85 bits per heavy atom. The van der Waals surface area contributed by atoms with Crippen molar-refractivity contribution in [1.29, 1.82) is 5.26 Å². The van der Waals surface area contributed by atoms with Crippen molar-refractivity contribution in [3.8, 4) is 6.07 Å². The standard InChI is InChI=1S/C11H16F6N2O/c1-7(2)19-9(3,6-18)4-5-20-8(10(12,13)14)11(15,16)17/h7-8,19H,4-5H2,1-3H3. The smallest absolute Gasteiger partial charge is 0.361 e. The van der Waals surface area contributed by atoms with E-state index < -0.39 is 30.6 Å². The van der Waals surface area contributed by atoms with E-state index in [4.69, 9.17) is 5.26 Å². The molecule has 0 rings (SSSR count). The summed E-state index contributed by atoms with van der Waals surface area (Å²) in [6.07, 6.45) is -15.2. The van der Waals surface area contributed by atoms with E-state index in [2.05, 4.69) is 10.1 Å². The molecule has 1 unspecified atom stereocenters. The van der Waals surface area contributed by atoms with Crippen LogP contribution in [0.3, 0.4) is 0 Å². The van der Waals surface area contributed by atoms with Gasteiger partial charge in [-0.25, -0.2) is 0 Å². The van der Waals surface area contributed by atoms with Crippen molar-refractivity contribution < 1.29 is 31.1 Å². The molecule has 0 spiro atoms. The molecule has 20 heavy (non-hydrogen) atoms. The summed E-state index contributed by atoms with van der Waals surface area (Å²) in [6.45, 7) is 3.94. The molecule has 0 radical (unpaired) electrons. The Labute approximate surface area is 112 Å². The van der Waals surface area contributed by atoms with Crippen LogP contribution in [0.2, 0.25) is 0 Å². The summed E-state index contributed by atoms with van der Waals surface area (Å²) in [5.41, 5.74) is -1.25. The number of hydrogen-bond acceptors (Lipinski definition) is 3. The van der Waals surface area contributed by atoms with Crippen LogP contribution in [-0.2, 0) is 4.74 Å². The van der Waals surface area contributed by atoms with Crippen molar-refractivity contribution in [2.45, 2.75) is 57.2 Å². The third-order valence-electron chi connectivity index (χ3n) is 2.34. The molecule has 0 saturated heterocycles. The molecule has 118 valence electrons. The van der Waals surface area contributed by atoms with E-state index in [1.165, 1.54) is 6.92 Å². The van der Waals surface area contributed by atoms with E-state index in [9.17, 15) is 26.3 Å². The van der Waals surface area contributed by atoms with Gasteiger partial charge in [0.1, 0.15) is 5.54 Å².